The number of rotatable bonds is 6. The van der Waals surface area contributed by atoms with Crippen molar-refractivity contribution in [1.82, 2.24) is 39.7 Å². The van der Waals surface area contributed by atoms with Gasteiger partial charge in [0.2, 0.25) is 0 Å². The summed E-state index contributed by atoms with van der Waals surface area (Å²) in [4.78, 5) is 43.4. The van der Waals surface area contributed by atoms with Crippen molar-refractivity contribution >= 4 is 17.1 Å². The van der Waals surface area contributed by atoms with Crippen LogP contribution < -0.4 is 11.2 Å². The van der Waals surface area contributed by atoms with Crippen molar-refractivity contribution in [3.8, 4) is 22.5 Å². The first-order chi connectivity index (χ1) is 16.5. The molecule has 3 heterocycles. The van der Waals surface area contributed by atoms with E-state index in [0.29, 0.717) is 12.4 Å². The highest BCUT2D eigenvalue weighted by Gasteiger charge is 2.16. The molecule has 0 aliphatic rings. The second-order valence-electron chi connectivity index (χ2n) is 7.46. The minimum atomic E-state index is -0.724. The maximum absolute atomic E-state index is 12.9. The molecule has 0 aliphatic heterocycles. The Labute approximate surface area is 190 Å². The summed E-state index contributed by atoms with van der Waals surface area (Å²) in [7, 11) is 1.19. The van der Waals surface area contributed by atoms with Gasteiger partial charge in [0.1, 0.15) is 6.54 Å². The van der Waals surface area contributed by atoms with E-state index in [4.69, 9.17) is 0 Å². The zero-order valence-electron chi connectivity index (χ0n) is 17.9. The number of carbonyl (C=O) groups excluding carboxylic acids is 1. The molecule has 0 atom stereocenters. The lowest BCUT2D eigenvalue weighted by Gasteiger charge is -2.09. The number of fused-ring (bicyclic) bond motifs is 1. The van der Waals surface area contributed by atoms with Crippen LogP contribution >= 0.6 is 0 Å². The fourth-order valence-corrected chi connectivity index (χ4v) is 3.74. The number of carbonyl (C=O) groups is 1. The average molecular weight is 458 g/mol. The SMILES string of the molecule is COC(=O)Cn1c(=O)[nH]c2ncn(Cc3ccc(-c4ccccc4-c4nnn[nH]4)cc3)c2c1=O. The van der Waals surface area contributed by atoms with E-state index in [1.54, 1.807) is 4.57 Å². The van der Waals surface area contributed by atoms with E-state index in [9.17, 15) is 14.4 Å². The molecule has 0 saturated carbocycles. The van der Waals surface area contributed by atoms with E-state index in [2.05, 4.69) is 35.3 Å². The van der Waals surface area contributed by atoms with Gasteiger partial charge in [-0.3, -0.25) is 14.6 Å². The lowest BCUT2D eigenvalue weighted by molar-refractivity contribution is -0.141. The molecule has 0 fully saturated rings. The third kappa shape index (κ3) is 3.77. The zero-order valence-corrected chi connectivity index (χ0v) is 17.9. The van der Waals surface area contributed by atoms with E-state index in [0.717, 1.165) is 26.8 Å². The van der Waals surface area contributed by atoms with Gasteiger partial charge < -0.3 is 9.30 Å². The Morgan fingerprint density at radius 3 is 2.53 bits per heavy atom. The number of methoxy groups -OCH3 is 1. The molecule has 170 valence electrons. The third-order valence-electron chi connectivity index (χ3n) is 5.42. The maximum Gasteiger partial charge on any atom is 0.330 e. The number of aromatic amines is 2. The van der Waals surface area contributed by atoms with Crippen molar-refractivity contribution in [1.29, 1.82) is 0 Å². The molecule has 34 heavy (non-hydrogen) atoms. The van der Waals surface area contributed by atoms with Crippen molar-refractivity contribution < 1.29 is 9.53 Å². The monoisotopic (exact) mass is 458 g/mol. The van der Waals surface area contributed by atoms with E-state index < -0.39 is 23.8 Å². The van der Waals surface area contributed by atoms with Crippen LogP contribution in [0.4, 0.5) is 0 Å². The Bertz CT molecular complexity index is 1600. The molecule has 12 heteroatoms. The number of nitrogens with one attached hydrogen (secondary N) is 2. The molecule has 5 rings (SSSR count). The molecule has 0 saturated heterocycles. The quantitative estimate of drug-likeness (QED) is 0.357. The predicted molar refractivity (Wildman–Crippen MR) is 121 cm³/mol. The van der Waals surface area contributed by atoms with Crippen molar-refractivity contribution in [2.75, 3.05) is 7.11 Å². The van der Waals surface area contributed by atoms with Crippen LogP contribution in [0, 0.1) is 0 Å². The van der Waals surface area contributed by atoms with Crippen molar-refractivity contribution in [3.63, 3.8) is 0 Å². The van der Waals surface area contributed by atoms with E-state index in [1.165, 1.54) is 13.4 Å². The molecule has 0 unspecified atom stereocenters. The van der Waals surface area contributed by atoms with Gasteiger partial charge in [-0.25, -0.2) is 19.4 Å². The molecule has 2 N–H and O–H groups in total. The largest absolute Gasteiger partial charge is 0.468 e. The molecular weight excluding hydrogens is 440 g/mol. The van der Waals surface area contributed by atoms with Gasteiger partial charge in [0.25, 0.3) is 5.56 Å². The first kappa shape index (κ1) is 21.0. The van der Waals surface area contributed by atoms with Gasteiger partial charge in [-0.05, 0) is 27.1 Å². The minimum Gasteiger partial charge on any atom is -0.468 e. The number of aromatic nitrogens is 8. The van der Waals surface area contributed by atoms with E-state index >= 15 is 0 Å². The van der Waals surface area contributed by atoms with Crippen LogP contribution in [0.25, 0.3) is 33.7 Å². The molecule has 0 radical (unpaired) electrons. The summed E-state index contributed by atoms with van der Waals surface area (Å²) in [5.74, 6) is -0.128. The Balaban J connectivity index is 1.47. The smallest absolute Gasteiger partial charge is 0.330 e. The number of nitrogens with zero attached hydrogens (tertiary/aromatic N) is 6. The van der Waals surface area contributed by atoms with Crippen molar-refractivity contribution in [2.24, 2.45) is 0 Å². The topological polar surface area (TPSA) is 153 Å². The average Bonchev–Trinajstić information content (AvgIpc) is 3.53. The zero-order chi connectivity index (χ0) is 23.7. The van der Waals surface area contributed by atoms with Crippen molar-refractivity contribution in [3.05, 3.63) is 81.3 Å². The number of tetrazole rings is 1. The first-order valence-electron chi connectivity index (χ1n) is 10.2. The van der Waals surface area contributed by atoms with Crippen LogP contribution in [0.5, 0.6) is 0 Å². The molecule has 5 aromatic rings. The van der Waals surface area contributed by atoms with Crippen molar-refractivity contribution in [2.45, 2.75) is 13.1 Å². The number of hydrogen-bond donors (Lipinski definition) is 2. The van der Waals surface area contributed by atoms with Crippen LogP contribution in [0.3, 0.4) is 0 Å². The summed E-state index contributed by atoms with van der Waals surface area (Å²) in [6, 6.07) is 15.6. The Kier molecular flexibility index (Phi) is 5.30. The number of benzene rings is 2. The Morgan fingerprint density at radius 2 is 1.82 bits per heavy atom. The van der Waals surface area contributed by atoms with Gasteiger partial charge in [-0.15, -0.1) is 5.10 Å². The van der Waals surface area contributed by atoms with Crippen LogP contribution in [0.15, 0.2) is 64.4 Å². The van der Waals surface area contributed by atoms with Gasteiger partial charge in [-0.1, -0.05) is 48.5 Å². The summed E-state index contributed by atoms with van der Waals surface area (Å²) in [6.45, 7) is -0.148. The molecule has 0 bridgehead atoms. The molecule has 12 nitrogen and oxygen atoms in total. The standard InChI is InChI=1S/C22H18N8O4/c1-34-17(31)11-30-21(32)18-20(24-22(30)33)23-12-29(18)10-13-6-8-14(9-7-13)15-4-2-3-5-16(15)19-25-27-28-26-19/h2-9,12H,10-11H2,1H3,(H,24,33)(H,25,26,27,28). The number of esters is 1. The van der Waals surface area contributed by atoms with Crippen LogP contribution in [-0.4, -0.2) is 52.8 Å². The van der Waals surface area contributed by atoms with Crippen LogP contribution in [0.1, 0.15) is 5.56 Å². The molecule has 0 aliphatic carbocycles. The first-order valence-corrected chi connectivity index (χ1v) is 10.2. The molecule has 0 amide bonds. The number of H-pyrrole nitrogens is 2. The highest BCUT2D eigenvalue weighted by Crippen LogP contribution is 2.29. The lowest BCUT2D eigenvalue weighted by Crippen LogP contribution is -2.38. The van der Waals surface area contributed by atoms with Gasteiger partial charge in [0.15, 0.2) is 17.0 Å². The van der Waals surface area contributed by atoms with Gasteiger partial charge in [0, 0.05) is 12.1 Å². The van der Waals surface area contributed by atoms with Gasteiger partial charge >= 0.3 is 11.7 Å². The fourth-order valence-electron chi connectivity index (χ4n) is 3.74. The lowest BCUT2D eigenvalue weighted by atomic mass is 9.98. The maximum atomic E-state index is 12.9. The highest BCUT2D eigenvalue weighted by molar-refractivity contribution is 5.80. The summed E-state index contributed by atoms with van der Waals surface area (Å²) < 4.78 is 7.00. The van der Waals surface area contributed by atoms with E-state index in [1.807, 2.05) is 48.5 Å². The summed E-state index contributed by atoms with van der Waals surface area (Å²) in [5.41, 5.74) is 2.71. The molecular formula is C22H18N8O4. The van der Waals surface area contributed by atoms with Gasteiger partial charge in [0.05, 0.1) is 13.4 Å². The number of hydrogen-bond acceptors (Lipinski definition) is 8. The van der Waals surface area contributed by atoms with Gasteiger partial charge in [-0.2, -0.15) is 0 Å². The minimum absolute atomic E-state index is 0.155. The normalized spacial score (nSPS) is 11.1. The summed E-state index contributed by atoms with van der Waals surface area (Å²) in [5, 5.41) is 14.1. The summed E-state index contributed by atoms with van der Waals surface area (Å²) >= 11 is 0. The second kappa shape index (κ2) is 8.58. The Morgan fingerprint density at radius 1 is 1.06 bits per heavy atom. The third-order valence-corrected chi connectivity index (χ3v) is 5.42. The Hall–Kier alpha value is -4.87. The van der Waals surface area contributed by atoms with Crippen LogP contribution in [-0.2, 0) is 22.6 Å². The second-order valence-corrected chi connectivity index (χ2v) is 7.46. The molecule has 0 spiro atoms. The number of ether oxygens (including phenoxy) is 1. The molecule has 3 aromatic heterocycles. The molecule has 2 aromatic carbocycles. The fraction of sp³-hybridized carbons (Fsp3) is 0.136. The predicted octanol–water partition coefficient (Wildman–Crippen LogP) is 0.955. The van der Waals surface area contributed by atoms with Crippen LogP contribution in [0.2, 0.25) is 0 Å². The number of imidazole rings is 1. The summed E-state index contributed by atoms with van der Waals surface area (Å²) in [6.07, 6.45) is 1.48. The highest BCUT2D eigenvalue weighted by atomic mass is 16.5. The van der Waals surface area contributed by atoms with E-state index in [-0.39, 0.29) is 11.2 Å².